The zero-order valence-corrected chi connectivity index (χ0v) is 13.1. The second-order valence-electron chi connectivity index (χ2n) is 4.84. The molecule has 108 valence electrons. The van der Waals surface area contributed by atoms with E-state index in [2.05, 4.69) is 21.0 Å². The molecule has 0 radical (unpaired) electrons. The van der Waals surface area contributed by atoms with Gasteiger partial charge in [0.1, 0.15) is 11.6 Å². The number of hydrogen-bond acceptors (Lipinski definition) is 2. The molecule has 0 amide bonds. The Balaban J connectivity index is 2.38. The van der Waals surface area contributed by atoms with Gasteiger partial charge in [-0.25, -0.2) is 8.78 Å². The number of benzene rings is 1. The number of aromatic nitrogens is 2. The molecule has 1 heterocycles. The highest BCUT2D eigenvalue weighted by Crippen LogP contribution is 2.27. The van der Waals surface area contributed by atoms with Crippen molar-refractivity contribution in [3.63, 3.8) is 0 Å². The van der Waals surface area contributed by atoms with Gasteiger partial charge in [-0.15, -0.1) is 0 Å². The lowest BCUT2D eigenvalue weighted by molar-refractivity contribution is 0.535. The van der Waals surface area contributed by atoms with Crippen molar-refractivity contribution in [3.8, 4) is 0 Å². The Kier molecular flexibility index (Phi) is 4.25. The zero-order chi connectivity index (χ0) is 15.0. The Morgan fingerprint density at radius 2 is 2.00 bits per heavy atom. The summed E-state index contributed by atoms with van der Waals surface area (Å²) in [5.74, 6) is -1.18. The predicted octanol–water partition coefficient (Wildman–Crippen LogP) is 3.32. The third kappa shape index (κ3) is 2.62. The van der Waals surface area contributed by atoms with E-state index in [1.54, 1.807) is 4.68 Å². The van der Waals surface area contributed by atoms with Gasteiger partial charge in [0.05, 0.1) is 10.2 Å². The molecule has 0 aliphatic rings. The molecule has 0 aliphatic heterocycles. The first-order chi connectivity index (χ1) is 9.32. The predicted molar refractivity (Wildman–Crippen MR) is 77.4 cm³/mol. The summed E-state index contributed by atoms with van der Waals surface area (Å²) >= 11 is 3.06. The SMILES string of the molecule is Cc1nn(C)c(C)c1C(N)Cc1c(F)ccc(Br)c1F. The number of aryl methyl sites for hydroxylation is 2. The van der Waals surface area contributed by atoms with Gasteiger partial charge in [-0.05, 0) is 48.3 Å². The maximum Gasteiger partial charge on any atom is 0.143 e. The molecule has 20 heavy (non-hydrogen) atoms. The van der Waals surface area contributed by atoms with Crippen LogP contribution in [0.2, 0.25) is 0 Å². The van der Waals surface area contributed by atoms with E-state index < -0.39 is 17.7 Å². The fourth-order valence-electron chi connectivity index (χ4n) is 2.40. The van der Waals surface area contributed by atoms with Crippen molar-refractivity contribution in [2.24, 2.45) is 12.8 Å². The van der Waals surface area contributed by atoms with Crippen LogP contribution in [0.25, 0.3) is 0 Å². The first-order valence-corrected chi connectivity index (χ1v) is 7.00. The van der Waals surface area contributed by atoms with Crippen LogP contribution in [0.5, 0.6) is 0 Å². The minimum absolute atomic E-state index is 0.00507. The van der Waals surface area contributed by atoms with Crippen LogP contribution in [-0.2, 0) is 13.5 Å². The van der Waals surface area contributed by atoms with Crippen LogP contribution < -0.4 is 5.73 Å². The van der Waals surface area contributed by atoms with Crippen molar-refractivity contribution in [1.29, 1.82) is 0 Å². The van der Waals surface area contributed by atoms with Crippen LogP contribution in [0.3, 0.4) is 0 Å². The van der Waals surface area contributed by atoms with E-state index >= 15 is 0 Å². The largest absolute Gasteiger partial charge is 0.324 e. The van der Waals surface area contributed by atoms with Gasteiger partial charge < -0.3 is 5.73 Å². The van der Waals surface area contributed by atoms with Gasteiger partial charge >= 0.3 is 0 Å². The lowest BCUT2D eigenvalue weighted by Gasteiger charge is -2.14. The topological polar surface area (TPSA) is 43.8 Å². The Bertz CT molecular complexity index is 652. The molecule has 2 aromatic rings. The smallest absolute Gasteiger partial charge is 0.143 e. The molecular weight excluding hydrogens is 328 g/mol. The number of halogens is 3. The monoisotopic (exact) mass is 343 g/mol. The Morgan fingerprint density at radius 1 is 1.35 bits per heavy atom. The molecule has 0 saturated heterocycles. The summed E-state index contributed by atoms with van der Waals surface area (Å²) in [4.78, 5) is 0. The third-order valence-electron chi connectivity index (χ3n) is 3.50. The summed E-state index contributed by atoms with van der Waals surface area (Å²) in [6.45, 7) is 3.73. The lowest BCUT2D eigenvalue weighted by atomic mass is 9.97. The zero-order valence-electron chi connectivity index (χ0n) is 11.5. The van der Waals surface area contributed by atoms with Gasteiger partial charge in [-0.1, -0.05) is 0 Å². The second-order valence-corrected chi connectivity index (χ2v) is 5.69. The molecule has 2 N–H and O–H groups in total. The molecule has 0 bridgehead atoms. The average Bonchev–Trinajstić information content (AvgIpc) is 2.63. The molecule has 0 spiro atoms. The first-order valence-electron chi connectivity index (χ1n) is 6.21. The fourth-order valence-corrected chi connectivity index (χ4v) is 2.78. The summed E-state index contributed by atoms with van der Waals surface area (Å²) < 4.78 is 29.7. The highest BCUT2D eigenvalue weighted by Gasteiger charge is 2.21. The summed E-state index contributed by atoms with van der Waals surface area (Å²) in [6.07, 6.45) is 0.0878. The minimum atomic E-state index is -0.598. The number of rotatable bonds is 3. The Morgan fingerprint density at radius 3 is 2.55 bits per heavy atom. The molecule has 1 unspecified atom stereocenters. The highest BCUT2D eigenvalue weighted by molar-refractivity contribution is 9.10. The van der Waals surface area contributed by atoms with Crippen molar-refractivity contribution in [3.05, 3.63) is 50.8 Å². The van der Waals surface area contributed by atoms with Crippen molar-refractivity contribution in [2.45, 2.75) is 26.3 Å². The molecular formula is C14H16BrF2N3. The van der Waals surface area contributed by atoms with Gasteiger partial charge in [0.2, 0.25) is 0 Å². The van der Waals surface area contributed by atoms with Gasteiger partial charge in [-0.3, -0.25) is 4.68 Å². The number of nitrogens with zero attached hydrogens (tertiary/aromatic N) is 2. The van der Waals surface area contributed by atoms with Crippen molar-refractivity contribution in [1.82, 2.24) is 9.78 Å². The van der Waals surface area contributed by atoms with Crippen LogP contribution in [0.4, 0.5) is 8.78 Å². The average molecular weight is 344 g/mol. The van der Waals surface area contributed by atoms with Crippen molar-refractivity contribution < 1.29 is 8.78 Å². The molecule has 0 aliphatic carbocycles. The van der Waals surface area contributed by atoms with Crippen LogP contribution >= 0.6 is 15.9 Å². The lowest BCUT2D eigenvalue weighted by Crippen LogP contribution is -2.17. The fraction of sp³-hybridized carbons (Fsp3) is 0.357. The van der Waals surface area contributed by atoms with Gasteiger partial charge in [0.15, 0.2) is 0 Å². The normalized spacial score (nSPS) is 12.8. The van der Waals surface area contributed by atoms with E-state index in [0.29, 0.717) is 0 Å². The highest BCUT2D eigenvalue weighted by atomic mass is 79.9. The first kappa shape index (κ1) is 15.1. The van der Waals surface area contributed by atoms with Crippen molar-refractivity contribution >= 4 is 15.9 Å². The molecule has 1 aromatic carbocycles. The molecule has 2 rings (SSSR count). The van der Waals surface area contributed by atoms with E-state index in [4.69, 9.17) is 5.73 Å². The summed E-state index contributed by atoms with van der Waals surface area (Å²) in [7, 11) is 1.82. The Labute approximate surface area is 124 Å². The van der Waals surface area contributed by atoms with Crippen LogP contribution in [0.1, 0.15) is 28.6 Å². The molecule has 3 nitrogen and oxygen atoms in total. The third-order valence-corrected chi connectivity index (χ3v) is 4.11. The van der Waals surface area contributed by atoms with Gasteiger partial charge in [0.25, 0.3) is 0 Å². The van der Waals surface area contributed by atoms with Gasteiger partial charge in [-0.2, -0.15) is 5.10 Å². The van der Waals surface area contributed by atoms with E-state index in [1.165, 1.54) is 12.1 Å². The van der Waals surface area contributed by atoms with Crippen LogP contribution in [0, 0.1) is 25.5 Å². The van der Waals surface area contributed by atoms with Crippen LogP contribution in [-0.4, -0.2) is 9.78 Å². The van der Waals surface area contributed by atoms with Crippen molar-refractivity contribution in [2.75, 3.05) is 0 Å². The molecule has 1 atom stereocenters. The molecule has 1 aromatic heterocycles. The molecule has 0 saturated carbocycles. The quantitative estimate of drug-likeness (QED) is 0.868. The van der Waals surface area contributed by atoms with Crippen LogP contribution in [0.15, 0.2) is 16.6 Å². The number of nitrogens with two attached hydrogens (primary N) is 1. The standard InChI is InChI=1S/C14H16BrF2N3/c1-7-13(8(2)20(3)19-7)12(18)6-9-11(16)5-4-10(15)14(9)17/h4-5,12H,6,18H2,1-3H3. The summed E-state index contributed by atoms with van der Waals surface area (Å²) in [5.41, 5.74) is 8.66. The Hall–Kier alpha value is -1.27. The van der Waals surface area contributed by atoms with E-state index in [9.17, 15) is 8.78 Å². The summed E-state index contributed by atoms with van der Waals surface area (Å²) in [5, 5.41) is 4.28. The van der Waals surface area contributed by atoms with E-state index in [0.717, 1.165) is 17.0 Å². The summed E-state index contributed by atoms with van der Waals surface area (Å²) in [6, 6.07) is 2.08. The number of hydrogen-bond donors (Lipinski definition) is 1. The molecule has 0 fully saturated rings. The van der Waals surface area contributed by atoms with E-state index in [1.807, 2.05) is 20.9 Å². The maximum atomic E-state index is 14.0. The molecule has 6 heteroatoms. The maximum absolute atomic E-state index is 14.0. The van der Waals surface area contributed by atoms with Gasteiger partial charge in [0, 0.05) is 29.9 Å². The minimum Gasteiger partial charge on any atom is -0.324 e. The second kappa shape index (κ2) is 5.61. The van der Waals surface area contributed by atoms with E-state index in [-0.39, 0.29) is 16.5 Å².